The van der Waals surface area contributed by atoms with Gasteiger partial charge in [0.05, 0.1) is 96.1 Å². The SMILES string of the molecule is C.C.C.COC(=O)c1c(OC)c(=O)c(C(=O)N[C@@H](C)c2ccc(F)cc2)cn1CC(O)O.COc1c2n(cc(C(=O)N[C@@H](C)c3ccc(F)cc3)c1=O)C[C@H]1O[C@@H]3CC[C@@H](C3)N1C2=O.C[C@H](NC(=O)c1cn2c(c(O)c1=O)C(=O)N1[C@H]3CC[C@H](C3)O[C@@H]1C2)c1ccc(F)cc1.C[C@H](NC(=O)c1cn2c(c(O)c1=O)C(=O)N1[C@H]3CC[C@H](C3)O[C@@H]1C2)c1ccc(F)cc1.N[C@H]1CC[C@@H](O)C1.O=CO[O-].[Br-].[Br-].[H-].[K+].[K+].[Mg+2]. The standard InChI is InChI=1S/C23H24FN3O5.2C22H22FN3O5.C19H21FN2O7.C5H11NO.CH2O3.3CH4.2BrH.2K.Mg.H/c1-12(13-3-5-14(24)6-4-13)25-22(29)17-10-26-11-18-27(15-7-8-16(9-15)32-18)23(30)19(26)21(31-2)20(17)28;2*1-11(12-2-4-13(23)5-3-12)24-21(29)16-9-25-10-17-26(14-6-7-15(8-14)31-17)22(30)18(25)20(28)19(16)27;1-10(11-4-6-12(20)7-5-11)21-18(26)13-8-22(9-14(23)24)15(19(27)29-3)17(28-2)16(13)25;6-4-1-2-5(7)3-4;2-1-4-3;;;;;;;;;/h3-6,10,12,15-16,18H,7-9,11H2,1-2H3,(H,25,29);2*2-5,9,11,14-15,17,28H,6-8,10H2,1H3,(H,24,29);4-8,10,14,23-24H,9H2,1-3H3,(H,21,26);4-5,7H,1-3,6H2;1,3H;3*1H4;2*1H;;;;/q;;;;;;;;;;;2*+1;+2;-1/p-3/t12-,15-,16+,18+;2*11-,14-,15+,17+;10-;4-,5+;;;;;;;;;;/m00000........../s1. The Morgan fingerprint density at radius 1 is 0.472 bits per heavy atom. The average molecular weight is 2180 g/mol. The summed E-state index contributed by atoms with van der Waals surface area (Å²) in [6, 6.07) is 21.0. The molecule has 8 aromatic rings. The minimum Gasteiger partial charge on any atom is -1.00 e. The van der Waals surface area contributed by atoms with Crippen molar-refractivity contribution in [1.29, 1.82) is 0 Å². The second-order valence-electron chi connectivity index (χ2n) is 33.8. The number of aliphatic hydroxyl groups is 3. The van der Waals surface area contributed by atoms with Crippen LogP contribution in [0, 0.1) is 23.3 Å². The summed E-state index contributed by atoms with van der Waals surface area (Å²) in [5, 5.41) is 67.7. The molecule has 47 heteroatoms. The Kier molecular flexibility index (Phi) is 47.8. The molecule has 10 aliphatic rings. The number of aromatic hydroxyl groups is 2. The van der Waals surface area contributed by atoms with Crippen LogP contribution in [0.5, 0.6) is 23.0 Å². The van der Waals surface area contributed by atoms with Gasteiger partial charge in [-0.05, 0) is 176 Å². The molecule has 10 heterocycles. The summed E-state index contributed by atoms with van der Waals surface area (Å²) in [7, 11) is 3.53. The van der Waals surface area contributed by atoms with Gasteiger partial charge in [0.2, 0.25) is 21.7 Å². The summed E-state index contributed by atoms with van der Waals surface area (Å²) in [5.41, 5.74) is 3.28. The normalized spacial score (nSPS) is 21.1. The van der Waals surface area contributed by atoms with Crippen molar-refractivity contribution in [1.82, 2.24) is 54.2 Å². The summed E-state index contributed by atoms with van der Waals surface area (Å²) in [6.45, 7) is 6.87. The Bertz CT molecular complexity index is 5880. The Morgan fingerprint density at radius 2 is 0.761 bits per heavy atom. The predicted octanol–water partition coefficient (Wildman–Crippen LogP) is -5.41. The molecule has 6 bridgehead atoms. The molecule has 4 aliphatic carbocycles. The number of amides is 7. The van der Waals surface area contributed by atoms with Crippen LogP contribution in [0.15, 0.2) is 141 Å². The average Bonchev–Trinajstić information content (AvgIpc) is 1.73. The zero-order valence-corrected chi connectivity index (χ0v) is 88.0. The first kappa shape index (κ1) is 124. The summed E-state index contributed by atoms with van der Waals surface area (Å²) in [6.07, 6.45) is 12.2. The number of hydrogen-bond acceptors (Lipinski definition) is 27. The van der Waals surface area contributed by atoms with Crippen LogP contribution < -0.4 is 200 Å². The topological polar surface area (TPSA) is 514 Å². The molecule has 0 unspecified atom stereocenters. The number of ether oxygens (including phenoxy) is 6. The van der Waals surface area contributed by atoms with Crippen molar-refractivity contribution >= 4 is 76.8 Å². The molecule has 142 heavy (non-hydrogen) atoms. The van der Waals surface area contributed by atoms with E-state index >= 15 is 0 Å². The Labute approximate surface area is 938 Å². The summed E-state index contributed by atoms with van der Waals surface area (Å²) >= 11 is 0. The van der Waals surface area contributed by atoms with Crippen LogP contribution in [-0.2, 0) is 54.8 Å². The molecule has 4 aromatic heterocycles. The molecule has 0 radical (unpaired) electrons. The van der Waals surface area contributed by atoms with E-state index in [-0.39, 0.29) is 314 Å². The minimum atomic E-state index is -1.88. The summed E-state index contributed by atoms with van der Waals surface area (Å²) < 4.78 is 91.0. The van der Waals surface area contributed by atoms with Gasteiger partial charge in [-0.15, -0.1) is 0 Å². The van der Waals surface area contributed by atoms with Crippen LogP contribution >= 0.6 is 0 Å². The third-order valence-electron chi connectivity index (χ3n) is 25.1. The fourth-order valence-electron chi connectivity index (χ4n) is 18.4. The van der Waals surface area contributed by atoms with Gasteiger partial charge in [0, 0.05) is 49.0 Å². The van der Waals surface area contributed by atoms with Crippen molar-refractivity contribution < 1.29 is 263 Å². The van der Waals surface area contributed by atoms with Gasteiger partial charge in [-0.2, -0.15) is 0 Å². The van der Waals surface area contributed by atoms with E-state index in [1.165, 1.54) is 95.5 Å². The molecule has 4 aromatic carbocycles. The molecule has 0 spiro atoms. The number of methoxy groups -OCH3 is 3. The number of carbonyl (C=O) groups is 9. The molecule has 11 N–H and O–H groups in total. The van der Waals surface area contributed by atoms with E-state index in [2.05, 4.69) is 30.9 Å². The number of nitrogens with one attached hydrogen (secondary N) is 4. The van der Waals surface area contributed by atoms with Gasteiger partial charge in [0.1, 0.15) is 45.5 Å². The fraction of sp³-hybridized carbons (Fsp3) is 0.442. The molecule has 756 valence electrons. The van der Waals surface area contributed by atoms with Gasteiger partial charge in [-0.25, -0.2) is 22.4 Å². The van der Waals surface area contributed by atoms with Crippen LogP contribution in [-0.4, -0.2) is 230 Å². The van der Waals surface area contributed by atoms with E-state index < -0.39 is 154 Å². The van der Waals surface area contributed by atoms with E-state index in [9.17, 15) is 95.5 Å². The molecule has 15 atom stereocenters. The van der Waals surface area contributed by atoms with Gasteiger partial charge in [-0.3, -0.25) is 57.5 Å². The van der Waals surface area contributed by atoms with Gasteiger partial charge >= 0.3 is 132 Å². The van der Waals surface area contributed by atoms with E-state index in [1.54, 1.807) is 83.4 Å². The van der Waals surface area contributed by atoms with Gasteiger partial charge in [0.25, 0.3) is 47.8 Å². The first-order valence-corrected chi connectivity index (χ1v) is 43.3. The molecular weight excluding hydrogens is 2060 g/mol. The second kappa shape index (κ2) is 54.8. The third-order valence-corrected chi connectivity index (χ3v) is 25.1. The quantitative estimate of drug-likeness (QED) is 0.00729. The van der Waals surface area contributed by atoms with Crippen LogP contribution in [0.2, 0.25) is 0 Å². The largest absolute Gasteiger partial charge is 2.00 e. The summed E-state index contributed by atoms with van der Waals surface area (Å²) in [5.74, 6) is -8.60. The van der Waals surface area contributed by atoms with Crippen LogP contribution in [0.3, 0.4) is 0 Å². The Morgan fingerprint density at radius 3 is 1.03 bits per heavy atom. The number of hydrogen-bond donors (Lipinski definition) is 10. The number of benzene rings is 4. The number of pyridine rings is 4. The zero-order valence-electron chi connectivity index (χ0n) is 78.2. The monoisotopic (exact) mass is 2170 g/mol. The van der Waals surface area contributed by atoms with Crippen molar-refractivity contribution in [2.45, 2.75) is 251 Å². The van der Waals surface area contributed by atoms with Crippen LogP contribution in [0.4, 0.5) is 17.6 Å². The molecule has 7 amide bonds. The molecule has 7 fully saturated rings. The first-order chi connectivity index (χ1) is 63.9. The van der Waals surface area contributed by atoms with E-state index in [4.69, 9.17) is 44.6 Å². The number of aromatic nitrogens is 4. The number of nitrogens with two attached hydrogens (primary N) is 1. The van der Waals surface area contributed by atoms with Gasteiger partial charge < -0.3 is 159 Å². The molecular formula is C95H114Br2F4K2MgN12O26. The Hall–Kier alpha value is -8.49. The first-order valence-electron chi connectivity index (χ1n) is 43.3. The number of esters is 1. The van der Waals surface area contributed by atoms with Crippen molar-refractivity contribution in [2.75, 3.05) is 21.3 Å². The molecule has 4 saturated carbocycles. The third kappa shape index (κ3) is 28.1. The number of aliphatic hydroxyl groups excluding tert-OH is 2. The molecule has 18 rings (SSSR count). The smallest absolute Gasteiger partial charge is 1.00 e. The molecule has 6 aliphatic heterocycles. The number of rotatable bonds is 18. The second-order valence-corrected chi connectivity index (χ2v) is 33.8. The predicted molar refractivity (Wildman–Crippen MR) is 487 cm³/mol. The van der Waals surface area contributed by atoms with Crippen molar-refractivity contribution in [3.8, 4) is 23.0 Å². The van der Waals surface area contributed by atoms with E-state index in [0.717, 1.165) is 102 Å². The number of fused-ring (bicyclic) bond motifs is 15. The Balaban J connectivity index is 0.000000375. The van der Waals surface area contributed by atoms with Crippen LogP contribution in [0.1, 0.15) is 258 Å². The van der Waals surface area contributed by atoms with E-state index in [1.807, 2.05) is 0 Å². The summed E-state index contributed by atoms with van der Waals surface area (Å²) in [4.78, 5) is 170. The van der Waals surface area contributed by atoms with Crippen LogP contribution in [0.25, 0.3) is 0 Å². The van der Waals surface area contributed by atoms with Crippen molar-refractivity contribution in [2.24, 2.45) is 5.73 Å². The van der Waals surface area contributed by atoms with Crippen molar-refractivity contribution in [3.63, 3.8) is 0 Å². The molecule has 3 saturated heterocycles. The van der Waals surface area contributed by atoms with Gasteiger partial charge in [-0.1, -0.05) is 70.8 Å². The van der Waals surface area contributed by atoms with Gasteiger partial charge in [0.15, 0.2) is 70.7 Å². The maximum absolute atomic E-state index is 13.3. The van der Waals surface area contributed by atoms with E-state index in [0.29, 0.717) is 28.8 Å². The zero-order chi connectivity index (χ0) is 96.7. The van der Waals surface area contributed by atoms with Crippen molar-refractivity contribution in [3.05, 3.63) is 253 Å². The fourth-order valence-corrected chi connectivity index (χ4v) is 18.4. The number of halogens is 6. The minimum absolute atomic E-state index is 0. The maximum Gasteiger partial charge on any atom is 2.00 e. The number of carbonyl (C=O) groups excluding carboxylic acids is 9. The number of nitrogens with zero attached hydrogens (tertiary/aromatic N) is 7. The molecule has 38 nitrogen and oxygen atoms in total. The maximum atomic E-state index is 13.3.